The van der Waals surface area contributed by atoms with Crippen molar-refractivity contribution in [2.24, 2.45) is 0 Å². The van der Waals surface area contributed by atoms with Crippen LogP contribution in [0.25, 0.3) is 88.3 Å². The minimum absolute atomic E-state index is 0.451. The van der Waals surface area contributed by atoms with Crippen LogP contribution in [0.5, 0.6) is 0 Å². The number of furan rings is 1. The van der Waals surface area contributed by atoms with E-state index in [0.717, 1.165) is 50.1 Å². The Bertz CT molecular complexity index is 3860. The molecule has 1 aromatic heterocycles. The van der Waals surface area contributed by atoms with Gasteiger partial charge >= 0.3 is 0 Å². The summed E-state index contributed by atoms with van der Waals surface area (Å²) < 4.78 is 6.24. The molecular formula is C65H41NO. The highest BCUT2D eigenvalue weighted by atomic mass is 16.3. The molecule has 0 bridgehead atoms. The molecule has 2 nitrogen and oxygen atoms in total. The van der Waals surface area contributed by atoms with E-state index in [-0.39, 0.29) is 0 Å². The maximum absolute atomic E-state index is 6.24. The molecular weight excluding hydrogens is 811 g/mol. The molecule has 14 rings (SSSR count). The topological polar surface area (TPSA) is 16.4 Å². The molecule has 0 atom stereocenters. The zero-order valence-electron chi connectivity index (χ0n) is 36.5. The fourth-order valence-corrected chi connectivity index (χ4v) is 11.5. The van der Waals surface area contributed by atoms with E-state index >= 15 is 0 Å². The van der Waals surface area contributed by atoms with Crippen molar-refractivity contribution in [2.45, 2.75) is 5.41 Å². The van der Waals surface area contributed by atoms with Crippen molar-refractivity contribution in [1.29, 1.82) is 0 Å². The lowest BCUT2D eigenvalue weighted by Gasteiger charge is -2.32. The van der Waals surface area contributed by atoms with Crippen molar-refractivity contribution < 1.29 is 4.42 Å². The second-order valence-electron chi connectivity index (χ2n) is 18.0. The van der Waals surface area contributed by atoms with Gasteiger partial charge in [0.15, 0.2) is 0 Å². The fourth-order valence-electron chi connectivity index (χ4n) is 11.5. The Balaban J connectivity index is 0.922. The first-order chi connectivity index (χ1) is 33.2. The Morgan fingerprint density at radius 1 is 0.269 bits per heavy atom. The van der Waals surface area contributed by atoms with Crippen LogP contribution < -0.4 is 4.90 Å². The first-order valence-electron chi connectivity index (χ1n) is 23.2. The molecule has 0 radical (unpaired) electrons. The normalized spacial score (nSPS) is 12.9. The molecule has 2 heteroatoms. The predicted octanol–water partition coefficient (Wildman–Crippen LogP) is 17.6. The molecule has 0 amide bonds. The van der Waals surface area contributed by atoms with Gasteiger partial charge in [0.25, 0.3) is 0 Å². The Hall–Kier alpha value is -8.72. The third-order valence-electron chi connectivity index (χ3n) is 14.5. The zero-order chi connectivity index (χ0) is 44.1. The summed E-state index contributed by atoms with van der Waals surface area (Å²) in [6.07, 6.45) is 0. The Kier molecular flexibility index (Phi) is 8.23. The number of hydrogen-bond donors (Lipinski definition) is 0. The molecule has 12 aromatic rings. The van der Waals surface area contributed by atoms with Crippen LogP contribution in [0.1, 0.15) is 22.3 Å². The lowest BCUT2D eigenvalue weighted by Crippen LogP contribution is -2.26. The highest BCUT2D eigenvalue weighted by molar-refractivity contribution is 6.06. The van der Waals surface area contributed by atoms with E-state index in [9.17, 15) is 0 Å². The minimum Gasteiger partial charge on any atom is -0.456 e. The van der Waals surface area contributed by atoms with Gasteiger partial charge in [-0.3, -0.25) is 0 Å². The molecule has 2 aliphatic carbocycles. The van der Waals surface area contributed by atoms with Gasteiger partial charge in [-0.2, -0.15) is 0 Å². The number of para-hydroxylation sites is 1. The van der Waals surface area contributed by atoms with Crippen molar-refractivity contribution in [3.63, 3.8) is 0 Å². The van der Waals surface area contributed by atoms with E-state index in [4.69, 9.17) is 4.42 Å². The number of fused-ring (bicyclic) bond motifs is 14. The summed E-state index contributed by atoms with van der Waals surface area (Å²) in [5.41, 5.74) is 22.2. The molecule has 0 N–H and O–H groups in total. The monoisotopic (exact) mass is 851 g/mol. The third-order valence-corrected chi connectivity index (χ3v) is 14.5. The van der Waals surface area contributed by atoms with Gasteiger partial charge in [0, 0.05) is 27.8 Å². The van der Waals surface area contributed by atoms with Crippen LogP contribution in [-0.2, 0) is 5.41 Å². The average Bonchev–Trinajstić information content (AvgIpc) is 4.03. The van der Waals surface area contributed by atoms with Crippen molar-refractivity contribution in [3.8, 4) is 55.6 Å². The molecule has 0 saturated carbocycles. The zero-order valence-corrected chi connectivity index (χ0v) is 36.5. The third kappa shape index (κ3) is 5.63. The van der Waals surface area contributed by atoms with Crippen LogP contribution in [0.4, 0.5) is 17.1 Å². The van der Waals surface area contributed by atoms with E-state index in [0.29, 0.717) is 0 Å². The second kappa shape index (κ2) is 14.7. The Morgan fingerprint density at radius 3 is 1.49 bits per heavy atom. The van der Waals surface area contributed by atoms with Gasteiger partial charge in [-0.15, -0.1) is 0 Å². The van der Waals surface area contributed by atoms with Gasteiger partial charge in [0.05, 0.1) is 5.41 Å². The van der Waals surface area contributed by atoms with Crippen LogP contribution >= 0.6 is 0 Å². The highest BCUT2D eigenvalue weighted by Gasteiger charge is 2.51. The molecule has 0 saturated heterocycles. The minimum atomic E-state index is -0.451. The van der Waals surface area contributed by atoms with Gasteiger partial charge in [-0.05, 0) is 143 Å². The molecule has 0 aliphatic heterocycles. The summed E-state index contributed by atoms with van der Waals surface area (Å²) in [6.45, 7) is 0. The second-order valence-corrected chi connectivity index (χ2v) is 18.0. The summed E-state index contributed by atoms with van der Waals surface area (Å²) >= 11 is 0. The van der Waals surface area contributed by atoms with Crippen LogP contribution in [-0.4, -0.2) is 0 Å². The summed E-state index contributed by atoms with van der Waals surface area (Å²) in [6, 6.07) is 91.4. The first kappa shape index (κ1) is 37.6. The van der Waals surface area contributed by atoms with E-state index in [2.05, 4.69) is 241 Å². The number of anilines is 3. The van der Waals surface area contributed by atoms with E-state index in [1.54, 1.807) is 0 Å². The van der Waals surface area contributed by atoms with E-state index in [1.165, 1.54) is 77.5 Å². The molecule has 312 valence electrons. The molecule has 11 aromatic carbocycles. The molecule has 67 heavy (non-hydrogen) atoms. The SMILES string of the molecule is c1cc(-c2ccc3oc4ccccc4c3c2)cc(N(c2ccc(-c3ccc(-c4cccc5ccccc45)cc3)cc2)c2ccc3c(c2)C2(c4ccccc4-c4ccccc42)c2ccccc2-3)c1. The molecule has 1 heterocycles. The van der Waals surface area contributed by atoms with Gasteiger partial charge in [0.1, 0.15) is 11.2 Å². The summed E-state index contributed by atoms with van der Waals surface area (Å²) in [7, 11) is 0. The quantitative estimate of drug-likeness (QED) is 0.166. The van der Waals surface area contributed by atoms with Gasteiger partial charge in [-0.25, -0.2) is 0 Å². The van der Waals surface area contributed by atoms with Crippen molar-refractivity contribution >= 4 is 49.8 Å². The van der Waals surface area contributed by atoms with Gasteiger partial charge in [-0.1, -0.05) is 194 Å². The number of rotatable bonds is 6. The lowest BCUT2D eigenvalue weighted by atomic mass is 9.70. The smallest absolute Gasteiger partial charge is 0.135 e. The van der Waals surface area contributed by atoms with Crippen LogP contribution in [0.3, 0.4) is 0 Å². The lowest BCUT2D eigenvalue weighted by molar-refractivity contribution is 0.669. The predicted molar refractivity (Wildman–Crippen MR) is 279 cm³/mol. The summed E-state index contributed by atoms with van der Waals surface area (Å²) in [5.74, 6) is 0. The standard InChI is InChI=1S/C65H41NO/c1-2-17-51-44(13-1)14-12-22-52(51)45-29-27-42(28-30-45)43-31-34-48(35-32-43)66(49-16-11-15-46(39-49)47-33-38-64-58(40-47)57-21-6-10-26-63(57)67-64)50-36-37-56-55-20-5-9-25-61(55)65(62(56)41-50)59-23-7-3-18-53(59)54-19-4-8-24-60(54)65/h1-41H. The van der Waals surface area contributed by atoms with Gasteiger partial charge < -0.3 is 9.32 Å². The van der Waals surface area contributed by atoms with Crippen LogP contribution in [0.15, 0.2) is 253 Å². The van der Waals surface area contributed by atoms with Crippen LogP contribution in [0, 0.1) is 0 Å². The van der Waals surface area contributed by atoms with Crippen molar-refractivity contribution in [2.75, 3.05) is 4.90 Å². The Morgan fingerprint density at radius 2 is 0.761 bits per heavy atom. The summed E-state index contributed by atoms with van der Waals surface area (Å²) in [5, 5.41) is 4.77. The average molecular weight is 852 g/mol. The van der Waals surface area contributed by atoms with E-state index in [1.807, 2.05) is 12.1 Å². The maximum Gasteiger partial charge on any atom is 0.135 e. The number of benzene rings is 11. The Labute approximate surface area is 389 Å². The van der Waals surface area contributed by atoms with Crippen molar-refractivity contribution in [1.82, 2.24) is 0 Å². The van der Waals surface area contributed by atoms with Crippen molar-refractivity contribution in [3.05, 3.63) is 271 Å². The largest absolute Gasteiger partial charge is 0.456 e. The first-order valence-corrected chi connectivity index (χ1v) is 23.2. The molecule has 0 fully saturated rings. The maximum atomic E-state index is 6.24. The number of hydrogen-bond acceptors (Lipinski definition) is 2. The highest BCUT2D eigenvalue weighted by Crippen LogP contribution is 2.63. The summed E-state index contributed by atoms with van der Waals surface area (Å²) in [4.78, 5) is 2.44. The molecule has 2 aliphatic rings. The molecule has 1 spiro atoms. The van der Waals surface area contributed by atoms with Gasteiger partial charge in [0.2, 0.25) is 0 Å². The van der Waals surface area contributed by atoms with E-state index < -0.39 is 5.41 Å². The van der Waals surface area contributed by atoms with Crippen LogP contribution in [0.2, 0.25) is 0 Å². The number of nitrogens with zero attached hydrogens (tertiary/aromatic N) is 1. The fraction of sp³-hybridized carbons (Fsp3) is 0.0154. The molecule has 0 unspecified atom stereocenters.